The molecule has 0 bridgehead atoms. The molecule has 0 spiro atoms. The van der Waals surface area contributed by atoms with Crippen LogP contribution < -0.4 is 10.5 Å². The minimum Gasteiger partial charge on any atom is -0.505 e. The van der Waals surface area contributed by atoms with Crippen LogP contribution in [0.3, 0.4) is 0 Å². The SMILES string of the molecule is COc1cc(C(O)CCN)cc(O)c1F. The van der Waals surface area contributed by atoms with Crippen LogP contribution in [0.2, 0.25) is 0 Å². The lowest BCUT2D eigenvalue weighted by Gasteiger charge is -2.12. The molecule has 1 aromatic carbocycles. The molecule has 0 amide bonds. The fourth-order valence-electron chi connectivity index (χ4n) is 1.27. The second kappa shape index (κ2) is 4.95. The van der Waals surface area contributed by atoms with Crippen LogP contribution in [0.5, 0.6) is 11.5 Å². The molecule has 0 saturated carbocycles. The van der Waals surface area contributed by atoms with Gasteiger partial charge in [0, 0.05) is 0 Å². The lowest BCUT2D eigenvalue weighted by atomic mass is 10.1. The van der Waals surface area contributed by atoms with E-state index < -0.39 is 17.7 Å². The highest BCUT2D eigenvalue weighted by atomic mass is 19.1. The van der Waals surface area contributed by atoms with E-state index in [-0.39, 0.29) is 5.75 Å². The zero-order valence-corrected chi connectivity index (χ0v) is 8.40. The minimum atomic E-state index is -0.832. The topological polar surface area (TPSA) is 75.7 Å². The number of hydrogen-bond acceptors (Lipinski definition) is 4. The van der Waals surface area contributed by atoms with Crippen molar-refractivity contribution in [1.82, 2.24) is 0 Å². The highest BCUT2D eigenvalue weighted by Gasteiger charge is 2.14. The fraction of sp³-hybridized carbons (Fsp3) is 0.400. The average Bonchev–Trinajstić information content (AvgIpc) is 2.22. The van der Waals surface area contributed by atoms with Crippen LogP contribution in [0.25, 0.3) is 0 Å². The summed E-state index contributed by atoms with van der Waals surface area (Å²) in [5, 5.41) is 18.8. The van der Waals surface area contributed by atoms with Crippen LogP contribution in [0, 0.1) is 5.82 Å². The molecular weight excluding hydrogens is 201 g/mol. The van der Waals surface area contributed by atoms with Gasteiger partial charge in [0.15, 0.2) is 11.5 Å². The Balaban J connectivity index is 3.05. The van der Waals surface area contributed by atoms with Crippen molar-refractivity contribution in [3.63, 3.8) is 0 Å². The monoisotopic (exact) mass is 215 g/mol. The highest BCUT2D eigenvalue weighted by molar-refractivity contribution is 5.40. The molecule has 0 aliphatic carbocycles. The van der Waals surface area contributed by atoms with Gasteiger partial charge >= 0.3 is 0 Å². The first kappa shape index (κ1) is 11.7. The maximum absolute atomic E-state index is 13.1. The Hall–Kier alpha value is -1.33. The standard InChI is InChI=1S/C10H14FNO3/c1-15-9-5-6(7(13)2-3-12)4-8(14)10(9)11/h4-5,7,13-14H,2-3,12H2,1H3. The van der Waals surface area contributed by atoms with Gasteiger partial charge in [0.1, 0.15) is 0 Å². The van der Waals surface area contributed by atoms with Gasteiger partial charge in [0.2, 0.25) is 5.82 Å². The summed E-state index contributed by atoms with van der Waals surface area (Å²) >= 11 is 0. The Morgan fingerprint density at radius 3 is 2.73 bits per heavy atom. The van der Waals surface area contributed by atoms with Crippen LogP contribution in [-0.2, 0) is 0 Å². The van der Waals surface area contributed by atoms with E-state index in [0.717, 1.165) is 6.07 Å². The molecule has 15 heavy (non-hydrogen) atoms. The molecule has 0 heterocycles. The summed E-state index contributed by atoms with van der Waals surface area (Å²) in [6.07, 6.45) is -0.482. The Bertz CT molecular complexity index is 344. The molecule has 0 aliphatic rings. The van der Waals surface area contributed by atoms with Crippen LogP contribution >= 0.6 is 0 Å². The quantitative estimate of drug-likeness (QED) is 0.698. The first-order valence-corrected chi connectivity index (χ1v) is 4.54. The normalized spacial score (nSPS) is 12.5. The zero-order chi connectivity index (χ0) is 11.4. The number of halogens is 1. The number of hydrogen-bond donors (Lipinski definition) is 3. The smallest absolute Gasteiger partial charge is 0.206 e. The van der Waals surface area contributed by atoms with E-state index in [1.807, 2.05) is 0 Å². The van der Waals surface area contributed by atoms with Gasteiger partial charge < -0.3 is 20.7 Å². The first-order valence-electron chi connectivity index (χ1n) is 4.54. The molecule has 1 unspecified atom stereocenters. The molecular formula is C10H14FNO3. The van der Waals surface area contributed by atoms with Crippen molar-refractivity contribution in [3.8, 4) is 11.5 Å². The van der Waals surface area contributed by atoms with Crippen molar-refractivity contribution in [2.75, 3.05) is 13.7 Å². The molecule has 0 saturated heterocycles. The van der Waals surface area contributed by atoms with E-state index in [4.69, 9.17) is 10.5 Å². The van der Waals surface area contributed by atoms with Crippen LogP contribution in [-0.4, -0.2) is 23.9 Å². The summed E-state index contributed by atoms with van der Waals surface area (Å²) in [4.78, 5) is 0. The maximum Gasteiger partial charge on any atom is 0.206 e. The molecule has 0 aliphatic heterocycles. The molecule has 4 nitrogen and oxygen atoms in total. The number of nitrogens with two attached hydrogens (primary N) is 1. The summed E-state index contributed by atoms with van der Waals surface area (Å²) < 4.78 is 17.9. The predicted octanol–water partition coefficient (Wildman–Crippen LogP) is 0.922. The van der Waals surface area contributed by atoms with E-state index in [1.54, 1.807) is 0 Å². The number of benzene rings is 1. The number of phenols is 1. The van der Waals surface area contributed by atoms with Crippen LogP contribution in [0.15, 0.2) is 12.1 Å². The molecule has 0 radical (unpaired) electrons. The van der Waals surface area contributed by atoms with E-state index in [9.17, 15) is 14.6 Å². The van der Waals surface area contributed by atoms with Crippen molar-refractivity contribution in [2.24, 2.45) is 5.73 Å². The number of rotatable bonds is 4. The van der Waals surface area contributed by atoms with Gasteiger partial charge in [-0.15, -0.1) is 0 Å². The second-order valence-electron chi connectivity index (χ2n) is 3.15. The molecule has 4 N–H and O–H groups in total. The van der Waals surface area contributed by atoms with Crippen molar-refractivity contribution in [1.29, 1.82) is 0 Å². The van der Waals surface area contributed by atoms with Gasteiger partial charge in [-0.1, -0.05) is 0 Å². The third-order valence-electron chi connectivity index (χ3n) is 2.09. The lowest BCUT2D eigenvalue weighted by Crippen LogP contribution is -2.07. The Morgan fingerprint density at radius 1 is 1.53 bits per heavy atom. The van der Waals surface area contributed by atoms with E-state index in [0.29, 0.717) is 18.5 Å². The van der Waals surface area contributed by atoms with Gasteiger partial charge in [-0.05, 0) is 30.7 Å². The number of phenolic OH excluding ortho intramolecular Hbond substituents is 1. The average molecular weight is 215 g/mol. The molecule has 5 heteroatoms. The van der Waals surface area contributed by atoms with Gasteiger partial charge in [-0.2, -0.15) is 4.39 Å². The van der Waals surface area contributed by atoms with Crippen LogP contribution in [0.4, 0.5) is 4.39 Å². The summed E-state index contributed by atoms with van der Waals surface area (Å²) in [7, 11) is 1.29. The summed E-state index contributed by atoms with van der Waals surface area (Å²) in [5.74, 6) is -1.47. The molecule has 0 fully saturated rings. The summed E-state index contributed by atoms with van der Waals surface area (Å²) in [5.41, 5.74) is 5.66. The summed E-state index contributed by atoms with van der Waals surface area (Å²) in [6.45, 7) is 0.307. The number of ether oxygens (including phenoxy) is 1. The number of aliphatic hydroxyl groups is 1. The Labute approximate surface area is 87.1 Å². The van der Waals surface area contributed by atoms with Gasteiger partial charge in [-0.25, -0.2) is 0 Å². The van der Waals surface area contributed by atoms with Gasteiger partial charge in [-0.3, -0.25) is 0 Å². The van der Waals surface area contributed by atoms with Gasteiger partial charge in [0.05, 0.1) is 13.2 Å². The molecule has 84 valence electrons. The molecule has 1 aromatic rings. The zero-order valence-electron chi connectivity index (χ0n) is 8.40. The number of aromatic hydroxyl groups is 1. The number of aliphatic hydroxyl groups excluding tert-OH is 1. The molecule has 1 rings (SSSR count). The van der Waals surface area contributed by atoms with Crippen molar-refractivity contribution >= 4 is 0 Å². The second-order valence-corrected chi connectivity index (χ2v) is 3.15. The van der Waals surface area contributed by atoms with E-state index in [2.05, 4.69) is 0 Å². The Morgan fingerprint density at radius 2 is 2.20 bits per heavy atom. The van der Waals surface area contributed by atoms with Crippen LogP contribution in [0.1, 0.15) is 18.1 Å². The number of methoxy groups -OCH3 is 1. The largest absolute Gasteiger partial charge is 0.505 e. The first-order chi connectivity index (χ1) is 7.10. The third kappa shape index (κ3) is 2.57. The van der Waals surface area contributed by atoms with Crippen molar-refractivity contribution in [3.05, 3.63) is 23.5 Å². The fourth-order valence-corrected chi connectivity index (χ4v) is 1.27. The van der Waals surface area contributed by atoms with Crippen molar-refractivity contribution < 1.29 is 19.3 Å². The van der Waals surface area contributed by atoms with E-state index in [1.165, 1.54) is 13.2 Å². The maximum atomic E-state index is 13.1. The third-order valence-corrected chi connectivity index (χ3v) is 2.09. The van der Waals surface area contributed by atoms with E-state index >= 15 is 0 Å². The lowest BCUT2D eigenvalue weighted by molar-refractivity contribution is 0.169. The Kier molecular flexibility index (Phi) is 3.88. The summed E-state index contributed by atoms with van der Waals surface area (Å²) in [6, 6.07) is 2.51. The molecule has 0 aromatic heterocycles. The molecule has 1 atom stereocenters. The highest BCUT2D eigenvalue weighted by Crippen LogP contribution is 2.31. The predicted molar refractivity (Wildman–Crippen MR) is 53.2 cm³/mol. The van der Waals surface area contributed by atoms with Crippen molar-refractivity contribution in [2.45, 2.75) is 12.5 Å². The van der Waals surface area contributed by atoms with Gasteiger partial charge in [0.25, 0.3) is 0 Å². The minimum absolute atomic E-state index is 0.0962.